The molecule has 1 aliphatic carbocycles. The zero-order valence-electron chi connectivity index (χ0n) is 16.0. The largest absolute Gasteiger partial charge is 0.335 e. The normalized spacial score (nSPS) is 21.6. The predicted octanol–water partition coefficient (Wildman–Crippen LogP) is 3.45. The van der Waals surface area contributed by atoms with E-state index in [1.54, 1.807) is 0 Å². The third-order valence-electron chi connectivity index (χ3n) is 5.85. The molecule has 0 spiro atoms. The van der Waals surface area contributed by atoms with Crippen molar-refractivity contribution in [3.63, 3.8) is 0 Å². The van der Waals surface area contributed by atoms with E-state index in [4.69, 9.17) is 0 Å². The van der Waals surface area contributed by atoms with Gasteiger partial charge in [0.05, 0.1) is 17.5 Å². The number of fused-ring (bicyclic) bond motifs is 4. The number of anilines is 1. The van der Waals surface area contributed by atoms with Crippen molar-refractivity contribution in [1.29, 1.82) is 0 Å². The number of benzene rings is 2. The minimum Gasteiger partial charge on any atom is -0.335 e. The molecule has 0 N–H and O–H groups in total. The van der Waals surface area contributed by atoms with Crippen LogP contribution in [0.2, 0.25) is 0 Å². The molecular weight excluding hydrogens is 406 g/mol. The Balaban J connectivity index is 1.43. The highest BCUT2D eigenvalue weighted by atomic mass is 32.2. The molecule has 0 saturated carbocycles. The van der Waals surface area contributed by atoms with Gasteiger partial charge in [0.2, 0.25) is 0 Å². The molecule has 1 unspecified atom stereocenters. The van der Waals surface area contributed by atoms with E-state index in [0.29, 0.717) is 17.3 Å². The van der Waals surface area contributed by atoms with Gasteiger partial charge in [-0.1, -0.05) is 24.3 Å². The monoisotopic (exact) mass is 427 g/mol. The maximum absolute atomic E-state index is 13.2. The van der Waals surface area contributed by atoms with Crippen LogP contribution < -0.4 is 4.90 Å². The second kappa shape index (κ2) is 6.88. The molecule has 5 rings (SSSR count). The van der Waals surface area contributed by atoms with Crippen LogP contribution in [0.15, 0.2) is 51.8 Å². The average molecular weight is 428 g/mol. The lowest BCUT2D eigenvalue weighted by Crippen LogP contribution is -2.35. The lowest BCUT2D eigenvalue weighted by Gasteiger charge is -2.33. The number of hydrogen-bond donors (Lipinski definition) is 0. The number of amidine groups is 1. The van der Waals surface area contributed by atoms with Gasteiger partial charge in [-0.3, -0.25) is 4.79 Å². The molecule has 2 aromatic carbocycles. The van der Waals surface area contributed by atoms with Crippen LogP contribution in [0, 0.1) is 0 Å². The van der Waals surface area contributed by atoms with Gasteiger partial charge in [-0.2, -0.15) is 0 Å². The number of thioether (sulfide) groups is 1. The molecule has 29 heavy (non-hydrogen) atoms. The molecule has 1 atom stereocenters. The van der Waals surface area contributed by atoms with Gasteiger partial charge in [-0.25, -0.2) is 8.42 Å². The number of rotatable bonds is 2. The van der Waals surface area contributed by atoms with Crippen molar-refractivity contribution >= 4 is 38.5 Å². The van der Waals surface area contributed by atoms with E-state index < -0.39 is 10.0 Å². The molecule has 8 heteroatoms. The van der Waals surface area contributed by atoms with Crippen molar-refractivity contribution in [3.8, 4) is 0 Å². The van der Waals surface area contributed by atoms with Crippen molar-refractivity contribution in [3.05, 3.63) is 59.2 Å². The predicted molar refractivity (Wildman–Crippen MR) is 115 cm³/mol. The quantitative estimate of drug-likeness (QED) is 0.734. The first-order valence-electron chi connectivity index (χ1n) is 9.70. The van der Waals surface area contributed by atoms with Crippen LogP contribution in [0.25, 0.3) is 0 Å². The first-order valence-corrected chi connectivity index (χ1v) is 12.1. The number of nitrogens with zero attached hydrogens (tertiary/aromatic N) is 3. The minimum absolute atomic E-state index is 0.0149. The molecule has 0 bridgehead atoms. The average Bonchev–Trinajstić information content (AvgIpc) is 3.07. The van der Waals surface area contributed by atoms with Crippen molar-refractivity contribution in [1.82, 2.24) is 4.90 Å². The van der Waals surface area contributed by atoms with Gasteiger partial charge >= 0.3 is 0 Å². The Labute approximate surface area is 174 Å². The van der Waals surface area contributed by atoms with E-state index in [2.05, 4.69) is 22.6 Å². The molecule has 6 nitrogen and oxygen atoms in total. The van der Waals surface area contributed by atoms with Gasteiger partial charge in [-0.05, 0) is 60.4 Å². The second-order valence-electron chi connectivity index (χ2n) is 7.62. The number of hydrogen-bond acceptors (Lipinski definition) is 5. The zero-order valence-corrected chi connectivity index (χ0v) is 17.7. The first-order chi connectivity index (χ1) is 13.9. The first kappa shape index (κ1) is 18.7. The molecule has 3 aliphatic rings. The molecule has 2 heterocycles. The fraction of sp³-hybridized carbons (Fsp3) is 0.333. The van der Waals surface area contributed by atoms with Gasteiger partial charge < -0.3 is 9.80 Å². The van der Waals surface area contributed by atoms with Crippen LogP contribution in [0.3, 0.4) is 0 Å². The van der Waals surface area contributed by atoms with Crippen LogP contribution in [-0.4, -0.2) is 43.7 Å². The van der Waals surface area contributed by atoms with E-state index >= 15 is 0 Å². The molecule has 0 saturated heterocycles. The number of aryl methyl sites for hydroxylation is 1. The smallest absolute Gasteiger partial charge is 0.257 e. The summed E-state index contributed by atoms with van der Waals surface area (Å²) in [6.07, 6.45) is 3.09. The van der Waals surface area contributed by atoms with Crippen LogP contribution in [0.1, 0.15) is 40.4 Å². The highest BCUT2D eigenvalue weighted by Crippen LogP contribution is 2.43. The van der Waals surface area contributed by atoms with E-state index in [0.717, 1.165) is 29.8 Å². The van der Waals surface area contributed by atoms with E-state index in [9.17, 15) is 13.2 Å². The summed E-state index contributed by atoms with van der Waals surface area (Å²) < 4.78 is 27.5. The molecule has 1 amide bonds. The summed E-state index contributed by atoms with van der Waals surface area (Å²) in [5.41, 5.74) is 4.10. The van der Waals surface area contributed by atoms with Gasteiger partial charge in [0.25, 0.3) is 15.9 Å². The lowest BCUT2D eigenvalue weighted by molar-refractivity contribution is 0.0715. The third-order valence-corrected chi connectivity index (χ3v) is 8.15. The number of amides is 1. The van der Waals surface area contributed by atoms with Crippen molar-refractivity contribution in [2.75, 3.05) is 24.2 Å². The molecule has 0 fully saturated rings. The number of carbonyl (C=O) groups excluding carboxylic acids is 1. The highest BCUT2D eigenvalue weighted by molar-refractivity contribution is 8.15. The summed E-state index contributed by atoms with van der Waals surface area (Å²) in [6, 6.07) is 14.0. The Morgan fingerprint density at radius 1 is 1.24 bits per heavy atom. The molecule has 0 radical (unpaired) electrons. The van der Waals surface area contributed by atoms with Crippen LogP contribution >= 0.6 is 11.8 Å². The minimum atomic E-state index is -3.39. The summed E-state index contributed by atoms with van der Waals surface area (Å²) in [4.78, 5) is 17.9. The molecule has 150 valence electrons. The van der Waals surface area contributed by atoms with E-state index in [1.165, 1.54) is 22.9 Å². The van der Waals surface area contributed by atoms with Gasteiger partial charge in [0, 0.05) is 24.1 Å². The Morgan fingerprint density at radius 2 is 2.07 bits per heavy atom. The Hall–Kier alpha value is -2.32. The summed E-state index contributed by atoms with van der Waals surface area (Å²) in [6.45, 7) is 0.396. The fourth-order valence-electron chi connectivity index (χ4n) is 4.34. The summed E-state index contributed by atoms with van der Waals surface area (Å²) in [7, 11) is -1.52. The topological polar surface area (TPSA) is 70.0 Å². The van der Waals surface area contributed by atoms with Gasteiger partial charge in [-0.15, -0.1) is 4.40 Å². The fourth-order valence-corrected chi connectivity index (χ4v) is 6.64. The standard InChI is InChI=1S/C21H21N3O3S2/c1-23(17-8-4-6-14-5-2-3-7-16(14)17)20(25)15-9-10-18-19(13-15)28-21-22-29(26,27)12-11-24(18)21/h2-3,5,7,9-10,13,17H,4,6,8,11-12H2,1H3. The van der Waals surface area contributed by atoms with Crippen LogP contribution in [0.4, 0.5) is 5.69 Å². The van der Waals surface area contributed by atoms with Gasteiger partial charge in [0.1, 0.15) is 0 Å². The highest BCUT2D eigenvalue weighted by Gasteiger charge is 2.34. The van der Waals surface area contributed by atoms with Crippen LogP contribution in [0.5, 0.6) is 0 Å². The summed E-state index contributed by atoms with van der Waals surface area (Å²) >= 11 is 1.32. The molecule has 2 aromatic rings. The maximum Gasteiger partial charge on any atom is 0.257 e. The molecule has 2 aliphatic heterocycles. The second-order valence-corrected chi connectivity index (χ2v) is 10.4. The van der Waals surface area contributed by atoms with Crippen molar-refractivity contribution in [2.45, 2.75) is 30.2 Å². The van der Waals surface area contributed by atoms with Crippen molar-refractivity contribution in [2.24, 2.45) is 4.40 Å². The van der Waals surface area contributed by atoms with Crippen molar-refractivity contribution < 1.29 is 13.2 Å². The van der Waals surface area contributed by atoms with Gasteiger partial charge in [0.15, 0.2) is 5.17 Å². The Bertz CT molecular complexity index is 1140. The number of carbonyl (C=O) groups is 1. The Kier molecular flexibility index (Phi) is 4.43. The maximum atomic E-state index is 13.2. The molecule has 0 aromatic heterocycles. The third kappa shape index (κ3) is 3.24. The molecular formula is C21H21N3O3S2. The van der Waals surface area contributed by atoms with Crippen LogP contribution in [-0.2, 0) is 16.4 Å². The lowest BCUT2D eigenvalue weighted by atomic mass is 9.87. The van der Waals surface area contributed by atoms with E-state index in [-0.39, 0.29) is 17.7 Å². The van der Waals surface area contributed by atoms with E-state index in [1.807, 2.05) is 41.1 Å². The summed E-state index contributed by atoms with van der Waals surface area (Å²) in [5, 5.41) is 0.477. The zero-order chi connectivity index (χ0) is 20.2. The Morgan fingerprint density at radius 3 is 2.93 bits per heavy atom. The number of sulfonamides is 1. The SMILES string of the molecule is CN(C(=O)c1ccc2c(c1)SC1=NS(=O)(=O)CCN12)C1CCCc2ccccc21. The summed E-state index contributed by atoms with van der Waals surface area (Å²) in [5.74, 6) is -0.00406.